The van der Waals surface area contributed by atoms with Crippen LogP contribution in [0.1, 0.15) is 64.6 Å². The fourth-order valence-electron chi connectivity index (χ4n) is 5.06. The first kappa shape index (κ1) is 20.8. The molecule has 0 heterocycles. The van der Waals surface area contributed by atoms with E-state index in [0.717, 1.165) is 31.2 Å². The Kier molecular flexibility index (Phi) is 5.08. The molecule has 0 amide bonds. The van der Waals surface area contributed by atoms with Gasteiger partial charge in [0.15, 0.2) is 0 Å². The summed E-state index contributed by atoms with van der Waals surface area (Å²) in [5.74, 6) is 0. The molecular formula is C29H25F3. The molecule has 2 aliphatic carbocycles. The molecule has 0 aromatic heterocycles. The lowest BCUT2D eigenvalue weighted by Gasteiger charge is -2.14. The molecule has 162 valence electrons. The van der Waals surface area contributed by atoms with E-state index in [1.165, 1.54) is 62.2 Å². The molecule has 0 nitrogen and oxygen atoms in total. The number of allylic oxidation sites excluding steroid dienone is 3. The quantitative estimate of drug-likeness (QED) is 0.382. The van der Waals surface area contributed by atoms with Gasteiger partial charge in [-0.3, -0.25) is 0 Å². The molecule has 0 radical (unpaired) electrons. The van der Waals surface area contributed by atoms with E-state index in [1.807, 2.05) is 0 Å². The summed E-state index contributed by atoms with van der Waals surface area (Å²) in [6.45, 7) is 4.20. The van der Waals surface area contributed by atoms with Crippen LogP contribution in [0.5, 0.6) is 0 Å². The monoisotopic (exact) mass is 430 g/mol. The summed E-state index contributed by atoms with van der Waals surface area (Å²) in [4.78, 5) is 0. The van der Waals surface area contributed by atoms with Gasteiger partial charge in [0, 0.05) is 0 Å². The van der Waals surface area contributed by atoms with Gasteiger partial charge in [-0.25, -0.2) is 0 Å². The highest BCUT2D eigenvalue weighted by Crippen LogP contribution is 2.52. The van der Waals surface area contributed by atoms with Gasteiger partial charge in [-0.1, -0.05) is 65.7 Å². The van der Waals surface area contributed by atoms with Crippen LogP contribution in [0.2, 0.25) is 0 Å². The van der Waals surface area contributed by atoms with E-state index >= 15 is 0 Å². The second-order valence-electron chi connectivity index (χ2n) is 8.90. The first-order chi connectivity index (χ1) is 15.3. The second-order valence-corrected chi connectivity index (χ2v) is 8.90. The van der Waals surface area contributed by atoms with Gasteiger partial charge in [0.1, 0.15) is 0 Å². The summed E-state index contributed by atoms with van der Waals surface area (Å²) in [5.41, 5.74) is 11.4. The van der Waals surface area contributed by atoms with Crippen LogP contribution in [0, 0.1) is 13.8 Å². The predicted octanol–water partition coefficient (Wildman–Crippen LogP) is 8.62. The highest BCUT2D eigenvalue weighted by atomic mass is 19.4. The van der Waals surface area contributed by atoms with Crippen LogP contribution in [0.25, 0.3) is 16.7 Å². The van der Waals surface area contributed by atoms with Crippen LogP contribution < -0.4 is 0 Å². The minimum Gasteiger partial charge on any atom is -0.166 e. The van der Waals surface area contributed by atoms with E-state index in [9.17, 15) is 13.2 Å². The summed E-state index contributed by atoms with van der Waals surface area (Å²) < 4.78 is 39.4. The highest BCUT2D eigenvalue weighted by Gasteiger charge is 2.32. The molecule has 3 aromatic carbocycles. The second kappa shape index (κ2) is 7.81. The molecule has 3 heteroatoms. The first-order valence-corrected chi connectivity index (χ1v) is 11.2. The summed E-state index contributed by atoms with van der Waals surface area (Å²) in [6, 6.07) is 21.0. The van der Waals surface area contributed by atoms with Crippen molar-refractivity contribution in [3.05, 3.63) is 111 Å². The van der Waals surface area contributed by atoms with Crippen molar-refractivity contribution in [2.45, 2.75) is 45.7 Å². The van der Waals surface area contributed by atoms with Crippen LogP contribution in [-0.2, 0) is 6.18 Å². The minimum atomic E-state index is -4.32. The number of aryl methyl sites for hydroxylation is 2. The zero-order valence-corrected chi connectivity index (χ0v) is 18.3. The average molecular weight is 431 g/mol. The Hall–Kier alpha value is -3.07. The van der Waals surface area contributed by atoms with E-state index in [0.29, 0.717) is 0 Å². The number of halogens is 3. The van der Waals surface area contributed by atoms with Gasteiger partial charge in [0.05, 0.1) is 5.56 Å². The predicted molar refractivity (Wildman–Crippen MR) is 125 cm³/mol. The van der Waals surface area contributed by atoms with Crippen molar-refractivity contribution >= 4 is 16.7 Å². The Morgan fingerprint density at radius 1 is 0.594 bits per heavy atom. The van der Waals surface area contributed by atoms with E-state index in [1.54, 1.807) is 12.1 Å². The van der Waals surface area contributed by atoms with E-state index in [-0.39, 0.29) is 0 Å². The first-order valence-electron chi connectivity index (χ1n) is 11.2. The van der Waals surface area contributed by atoms with E-state index in [2.05, 4.69) is 56.3 Å². The maximum Gasteiger partial charge on any atom is 0.416 e. The van der Waals surface area contributed by atoms with Crippen molar-refractivity contribution < 1.29 is 13.2 Å². The van der Waals surface area contributed by atoms with Crippen molar-refractivity contribution in [2.24, 2.45) is 0 Å². The van der Waals surface area contributed by atoms with Crippen molar-refractivity contribution in [1.82, 2.24) is 0 Å². The van der Waals surface area contributed by atoms with Gasteiger partial charge in [-0.05, 0) is 96.2 Å². The molecule has 2 aliphatic rings. The number of hydrogen-bond donors (Lipinski definition) is 0. The minimum absolute atomic E-state index is 0.598. The molecule has 32 heavy (non-hydrogen) atoms. The van der Waals surface area contributed by atoms with Crippen LogP contribution in [-0.4, -0.2) is 0 Å². The van der Waals surface area contributed by atoms with Gasteiger partial charge in [-0.15, -0.1) is 0 Å². The number of alkyl halides is 3. The molecule has 0 saturated heterocycles. The molecule has 3 aromatic rings. The summed E-state index contributed by atoms with van der Waals surface area (Å²) in [6.07, 6.45) is -0.354. The number of fused-ring (bicyclic) bond motifs is 3. The van der Waals surface area contributed by atoms with Crippen LogP contribution in [0.3, 0.4) is 0 Å². The number of hydrogen-bond acceptors (Lipinski definition) is 0. The zero-order valence-electron chi connectivity index (χ0n) is 18.3. The van der Waals surface area contributed by atoms with Gasteiger partial charge in [0.2, 0.25) is 0 Å². The van der Waals surface area contributed by atoms with Gasteiger partial charge < -0.3 is 0 Å². The molecule has 0 spiro atoms. The third kappa shape index (κ3) is 3.60. The van der Waals surface area contributed by atoms with Crippen molar-refractivity contribution in [2.75, 3.05) is 0 Å². The summed E-state index contributed by atoms with van der Waals surface area (Å²) in [7, 11) is 0. The van der Waals surface area contributed by atoms with Crippen molar-refractivity contribution in [3.8, 4) is 0 Å². The fourth-order valence-corrected chi connectivity index (χ4v) is 5.06. The van der Waals surface area contributed by atoms with E-state index < -0.39 is 11.7 Å². The molecule has 0 saturated carbocycles. The maximum absolute atomic E-state index is 13.1. The van der Waals surface area contributed by atoms with Crippen LogP contribution in [0.4, 0.5) is 13.2 Å². The molecular weight excluding hydrogens is 405 g/mol. The Labute approximate surface area is 187 Å². The maximum atomic E-state index is 13.1. The normalized spacial score (nSPS) is 16.2. The average Bonchev–Trinajstić information content (AvgIpc) is 2.91. The van der Waals surface area contributed by atoms with Crippen molar-refractivity contribution in [1.29, 1.82) is 0 Å². The Morgan fingerprint density at radius 2 is 1.19 bits per heavy atom. The highest BCUT2D eigenvalue weighted by molar-refractivity contribution is 6.12. The standard InChI is InChI=1S/C29H25F3/c1-18-7-10-21(11-8-18)27-25-6-4-3-5-23(20-12-14-22(15-13-20)29(30,31)32)28(25)24-16-9-19(2)17-26(24)27/h7-17H,3-6H2,1-2H3. The van der Waals surface area contributed by atoms with Gasteiger partial charge in [-0.2, -0.15) is 13.2 Å². The molecule has 0 N–H and O–H groups in total. The molecule has 0 aliphatic heterocycles. The van der Waals surface area contributed by atoms with Crippen LogP contribution >= 0.6 is 0 Å². The molecule has 0 bridgehead atoms. The topological polar surface area (TPSA) is 0 Å². The fraction of sp³-hybridized carbons (Fsp3) is 0.241. The van der Waals surface area contributed by atoms with Crippen molar-refractivity contribution in [3.63, 3.8) is 0 Å². The summed E-state index contributed by atoms with van der Waals surface area (Å²) >= 11 is 0. The molecule has 0 unspecified atom stereocenters. The van der Waals surface area contributed by atoms with Crippen LogP contribution in [0.15, 0.2) is 72.3 Å². The zero-order chi connectivity index (χ0) is 22.5. The Balaban J connectivity index is 1.76. The molecule has 5 rings (SSSR count). The van der Waals surface area contributed by atoms with E-state index in [4.69, 9.17) is 0 Å². The Bertz CT molecular complexity index is 1240. The lowest BCUT2D eigenvalue weighted by Crippen LogP contribution is -2.04. The molecule has 0 atom stereocenters. The molecule has 0 fully saturated rings. The van der Waals surface area contributed by atoms with Gasteiger partial charge in [0.25, 0.3) is 0 Å². The lowest BCUT2D eigenvalue weighted by molar-refractivity contribution is -0.137. The number of benzene rings is 3. The van der Waals surface area contributed by atoms with Gasteiger partial charge >= 0.3 is 6.18 Å². The SMILES string of the molecule is Cc1ccc(C2=C3CCCCC(c4ccc(C(F)(F)F)cc4)=C3c3ccc(C)cc32)cc1. The third-order valence-corrected chi connectivity index (χ3v) is 6.62. The Morgan fingerprint density at radius 3 is 1.84 bits per heavy atom. The third-order valence-electron chi connectivity index (χ3n) is 6.62. The number of rotatable bonds is 2. The lowest BCUT2D eigenvalue weighted by atomic mass is 9.90. The smallest absolute Gasteiger partial charge is 0.166 e. The summed E-state index contributed by atoms with van der Waals surface area (Å²) in [5, 5.41) is 0. The largest absolute Gasteiger partial charge is 0.416 e.